The predicted octanol–water partition coefficient (Wildman–Crippen LogP) is 3.77. The number of rotatable bonds is 6. The lowest BCUT2D eigenvalue weighted by Gasteiger charge is -2.35. The minimum Gasteiger partial charge on any atom is -0.480 e. The molecule has 1 amide bonds. The maximum Gasteiger partial charge on any atom is 0.323 e. The molecule has 6 heteroatoms. The van der Waals surface area contributed by atoms with Crippen LogP contribution in [0.1, 0.15) is 30.2 Å². The van der Waals surface area contributed by atoms with Gasteiger partial charge in [0.05, 0.1) is 5.41 Å². The lowest BCUT2D eigenvalue weighted by Crippen LogP contribution is -2.44. The van der Waals surface area contributed by atoms with Crippen LogP contribution in [0.15, 0.2) is 54.6 Å². The molecule has 0 fully saturated rings. The maximum atomic E-state index is 13.4. The van der Waals surface area contributed by atoms with Crippen LogP contribution in [0.25, 0.3) is 10.9 Å². The van der Waals surface area contributed by atoms with Crippen molar-refractivity contribution in [2.24, 2.45) is 5.41 Å². The zero-order chi connectivity index (χ0) is 22.0. The van der Waals surface area contributed by atoms with Gasteiger partial charge < -0.3 is 9.67 Å². The number of carboxylic acid groups (broad SMARTS) is 1. The Morgan fingerprint density at radius 1 is 1.16 bits per heavy atom. The lowest BCUT2D eigenvalue weighted by molar-refractivity contribution is -0.139. The summed E-state index contributed by atoms with van der Waals surface area (Å²) in [5, 5.41) is 20.0. The third kappa shape index (κ3) is 3.91. The van der Waals surface area contributed by atoms with Gasteiger partial charge in [-0.3, -0.25) is 9.59 Å². The van der Waals surface area contributed by atoms with Crippen LogP contribution in [0.3, 0.4) is 0 Å². The minimum atomic E-state index is -0.885. The first-order chi connectivity index (χ1) is 14.9. The molecule has 0 saturated carbocycles. The molecule has 1 aliphatic rings. The Balaban J connectivity index is 1.61. The summed E-state index contributed by atoms with van der Waals surface area (Å²) in [5.41, 5.74) is 3.29. The normalized spacial score (nSPS) is 17.7. The summed E-state index contributed by atoms with van der Waals surface area (Å²) in [7, 11) is 0. The fourth-order valence-electron chi connectivity index (χ4n) is 4.69. The van der Waals surface area contributed by atoms with Crippen molar-refractivity contribution < 1.29 is 14.7 Å². The standard InChI is InChI=1S/C25H25N3O3/c1-25(24(31)27(17-26)14-12-18-7-3-2-4-8-18)13-11-22-20(15-25)19-9-5-6-10-21(19)28(22)16-23(29)30/h2-10H,11-16H2,1H3,(H,29,30). The van der Waals surface area contributed by atoms with Gasteiger partial charge in [-0.05, 0) is 42.9 Å². The van der Waals surface area contributed by atoms with E-state index in [1.54, 1.807) is 0 Å². The Morgan fingerprint density at radius 2 is 1.87 bits per heavy atom. The molecule has 1 aromatic heterocycles. The van der Waals surface area contributed by atoms with Gasteiger partial charge >= 0.3 is 5.97 Å². The molecule has 2 aromatic carbocycles. The van der Waals surface area contributed by atoms with E-state index in [-0.39, 0.29) is 12.5 Å². The summed E-state index contributed by atoms with van der Waals surface area (Å²) < 4.78 is 1.86. The van der Waals surface area contributed by atoms with Gasteiger partial charge in [0.15, 0.2) is 6.19 Å². The topological polar surface area (TPSA) is 86.3 Å². The van der Waals surface area contributed by atoms with Crippen molar-refractivity contribution in [1.29, 1.82) is 5.26 Å². The molecule has 0 saturated heterocycles. The van der Waals surface area contributed by atoms with Crippen molar-refractivity contribution in [3.8, 4) is 6.19 Å². The highest BCUT2D eigenvalue weighted by atomic mass is 16.4. The molecular formula is C25H25N3O3. The molecule has 0 spiro atoms. The molecule has 0 aliphatic heterocycles. The molecule has 3 aromatic rings. The first-order valence-corrected chi connectivity index (χ1v) is 10.5. The number of hydrogen-bond acceptors (Lipinski definition) is 3. The average molecular weight is 415 g/mol. The van der Waals surface area contributed by atoms with Crippen LogP contribution in [-0.4, -0.2) is 33.0 Å². The van der Waals surface area contributed by atoms with Crippen LogP contribution in [0.4, 0.5) is 0 Å². The predicted molar refractivity (Wildman–Crippen MR) is 117 cm³/mol. The smallest absolute Gasteiger partial charge is 0.323 e. The van der Waals surface area contributed by atoms with Crippen LogP contribution < -0.4 is 0 Å². The summed E-state index contributed by atoms with van der Waals surface area (Å²) in [4.78, 5) is 26.1. The second-order valence-corrected chi connectivity index (χ2v) is 8.45. The number of aliphatic carboxylic acids is 1. The number of aromatic nitrogens is 1. The molecule has 1 aliphatic carbocycles. The van der Waals surface area contributed by atoms with E-state index in [1.807, 2.05) is 66.1 Å². The van der Waals surface area contributed by atoms with E-state index < -0.39 is 11.4 Å². The second-order valence-electron chi connectivity index (χ2n) is 8.45. The molecule has 1 atom stereocenters. The number of carbonyl (C=O) groups excluding carboxylic acids is 1. The number of carboxylic acids is 1. The minimum absolute atomic E-state index is 0.0953. The van der Waals surface area contributed by atoms with Crippen LogP contribution >= 0.6 is 0 Å². The summed E-state index contributed by atoms with van der Waals surface area (Å²) >= 11 is 0. The third-order valence-corrected chi connectivity index (χ3v) is 6.32. The highest BCUT2D eigenvalue weighted by Gasteiger charge is 2.41. The Labute approximate surface area is 181 Å². The lowest BCUT2D eigenvalue weighted by atomic mass is 9.73. The summed E-state index contributed by atoms with van der Waals surface area (Å²) in [6.07, 6.45) is 4.40. The molecule has 0 radical (unpaired) electrons. The van der Waals surface area contributed by atoms with Crippen molar-refractivity contribution >= 4 is 22.8 Å². The molecule has 1 heterocycles. The molecule has 1 unspecified atom stereocenters. The fourth-order valence-corrected chi connectivity index (χ4v) is 4.69. The molecule has 1 N–H and O–H groups in total. The highest BCUT2D eigenvalue weighted by molar-refractivity contribution is 5.90. The van der Waals surface area contributed by atoms with Crippen molar-refractivity contribution in [3.63, 3.8) is 0 Å². The monoisotopic (exact) mass is 415 g/mol. The van der Waals surface area contributed by atoms with E-state index in [4.69, 9.17) is 0 Å². The molecule has 4 rings (SSSR count). The van der Waals surface area contributed by atoms with E-state index in [2.05, 4.69) is 6.19 Å². The number of fused-ring (bicyclic) bond motifs is 3. The van der Waals surface area contributed by atoms with E-state index in [0.29, 0.717) is 32.2 Å². The molecule has 31 heavy (non-hydrogen) atoms. The molecule has 0 bridgehead atoms. The first-order valence-electron chi connectivity index (χ1n) is 10.5. The summed E-state index contributed by atoms with van der Waals surface area (Å²) in [6.45, 7) is 2.18. The number of benzene rings is 2. The Morgan fingerprint density at radius 3 is 2.58 bits per heavy atom. The van der Waals surface area contributed by atoms with E-state index in [0.717, 1.165) is 27.7 Å². The van der Waals surface area contributed by atoms with Crippen molar-refractivity contribution in [3.05, 3.63) is 71.4 Å². The number of nitriles is 1. The zero-order valence-corrected chi connectivity index (χ0v) is 17.5. The van der Waals surface area contributed by atoms with Crippen molar-refractivity contribution in [2.45, 2.75) is 39.2 Å². The zero-order valence-electron chi connectivity index (χ0n) is 17.5. The Bertz CT molecular complexity index is 1180. The van der Waals surface area contributed by atoms with Gasteiger partial charge in [0.2, 0.25) is 5.91 Å². The van der Waals surface area contributed by atoms with Crippen LogP contribution in [0, 0.1) is 16.9 Å². The van der Waals surface area contributed by atoms with E-state index in [1.165, 1.54) is 4.90 Å². The highest BCUT2D eigenvalue weighted by Crippen LogP contribution is 2.41. The molecule has 6 nitrogen and oxygen atoms in total. The largest absolute Gasteiger partial charge is 0.480 e. The number of para-hydroxylation sites is 1. The van der Waals surface area contributed by atoms with Crippen molar-refractivity contribution in [1.82, 2.24) is 9.47 Å². The van der Waals surface area contributed by atoms with Gasteiger partial charge in [-0.15, -0.1) is 0 Å². The number of carbonyl (C=O) groups is 2. The van der Waals surface area contributed by atoms with Crippen molar-refractivity contribution in [2.75, 3.05) is 6.54 Å². The summed E-state index contributed by atoms with van der Waals surface area (Å²) in [6, 6.07) is 17.6. The Hall–Kier alpha value is -3.59. The van der Waals surface area contributed by atoms with E-state index >= 15 is 0 Å². The summed E-state index contributed by atoms with van der Waals surface area (Å²) in [5.74, 6) is -1.05. The molecule has 158 valence electrons. The van der Waals surface area contributed by atoms with Crippen LogP contribution in [0.2, 0.25) is 0 Å². The van der Waals surface area contributed by atoms with Crippen LogP contribution in [-0.2, 0) is 35.4 Å². The van der Waals surface area contributed by atoms with Gasteiger partial charge in [-0.25, -0.2) is 4.90 Å². The first kappa shape index (κ1) is 20.7. The third-order valence-electron chi connectivity index (χ3n) is 6.32. The van der Waals surface area contributed by atoms with E-state index in [9.17, 15) is 20.0 Å². The van der Waals surface area contributed by atoms with Crippen LogP contribution in [0.5, 0.6) is 0 Å². The SMILES string of the molecule is CC1(C(=O)N(C#N)CCc2ccccc2)CCc2c(c3ccccc3n2CC(=O)O)C1. The van der Waals surface area contributed by atoms with Gasteiger partial charge in [0.25, 0.3) is 0 Å². The number of hydrogen-bond donors (Lipinski definition) is 1. The quantitative estimate of drug-likeness (QED) is 0.490. The van der Waals surface area contributed by atoms with Gasteiger partial charge in [0.1, 0.15) is 6.54 Å². The second kappa shape index (κ2) is 8.27. The number of nitrogens with zero attached hydrogens (tertiary/aromatic N) is 3. The Kier molecular flexibility index (Phi) is 5.51. The average Bonchev–Trinajstić information content (AvgIpc) is 3.07. The number of amides is 1. The maximum absolute atomic E-state index is 13.4. The van der Waals surface area contributed by atoms with Gasteiger partial charge in [-0.2, -0.15) is 5.26 Å². The van der Waals surface area contributed by atoms with Gasteiger partial charge in [-0.1, -0.05) is 55.5 Å². The fraction of sp³-hybridized carbons (Fsp3) is 0.320. The van der Waals surface area contributed by atoms with Gasteiger partial charge in [0, 0.05) is 23.1 Å². The molecular weight excluding hydrogens is 390 g/mol.